The van der Waals surface area contributed by atoms with Gasteiger partial charge in [0.1, 0.15) is 9.24 Å². The van der Waals surface area contributed by atoms with E-state index in [1.165, 1.54) is 16.8 Å². The molecule has 30 heavy (non-hydrogen) atoms. The largest absolute Gasteiger partial charge is 0.461 e. The SMILES string of the molecule is CCOC(=O)c1nnsc1Sc1c(C(=O)OCC)nnn1-c1cc(Cl)c(Cl)cc1N. The zero-order valence-corrected chi connectivity index (χ0v) is 18.7. The molecule has 1 aromatic carbocycles. The van der Waals surface area contributed by atoms with Gasteiger partial charge < -0.3 is 15.2 Å². The number of nitrogens with two attached hydrogens (primary N) is 1. The van der Waals surface area contributed by atoms with Crippen molar-refractivity contribution in [3.8, 4) is 5.69 Å². The van der Waals surface area contributed by atoms with E-state index in [2.05, 4.69) is 19.9 Å². The van der Waals surface area contributed by atoms with Crippen LogP contribution in [-0.4, -0.2) is 49.7 Å². The van der Waals surface area contributed by atoms with E-state index in [-0.39, 0.29) is 45.4 Å². The van der Waals surface area contributed by atoms with Gasteiger partial charge in [-0.25, -0.2) is 14.3 Å². The minimum absolute atomic E-state index is 0.0107. The molecule has 0 bridgehead atoms. The molecular formula is C16H14Cl2N6O4S2. The highest BCUT2D eigenvalue weighted by molar-refractivity contribution is 8.01. The molecule has 0 aliphatic heterocycles. The summed E-state index contributed by atoms with van der Waals surface area (Å²) in [4.78, 5) is 24.6. The molecule has 0 fully saturated rings. The van der Waals surface area contributed by atoms with Gasteiger partial charge in [-0.3, -0.25) is 0 Å². The summed E-state index contributed by atoms with van der Waals surface area (Å²) < 4.78 is 15.5. The maximum absolute atomic E-state index is 12.4. The monoisotopic (exact) mass is 488 g/mol. The molecule has 3 rings (SSSR count). The van der Waals surface area contributed by atoms with Crippen molar-refractivity contribution in [2.75, 3.05) is 18.9 Å². The lowest BCUT2D eigenvalue weighted by Gasteiger charge is -2.10. The second-order valence-corrected chi connectivity index (χ2v) is 8.26. The first kappa shape index (κ1) is 22.3. The Balaban J connectivity index is 2.12. The number of benzene rings is 1. The van der Waals surface area contributed by atoms with Crippen molar-refractivity contribution in [3.05, 3.63) is 33.6 Å². The molecular weight excluding hydrogens is 475 g/mol. The molecule has 2 aromatic heterocycles. The Hall–Kier alpha value is -2.41. The van der Waals surface area contributed by atoms with Gasteiger partial charge in [-0.1, -0.05) is 44.7 Å². The molecule has 2 heterocycles. The average Bonchev–Trinajstić information content (AvgIpc) is 3.33. The second kappa shape index (κ2) is 9.60. The first-order valence-corrected chi connectivity index (χ1v) is 10.8. The number of nitrogen functional groups attached to an aromatic ring is 1. The number of aromatic nitrogens is 5. The summed E-state index contributed by atoms with van der Waals surface area (Å²) >= 11 is 14.1. The number of carbonyl (C=O) groups excluding carboxylic acids is 2. The minimum Gasteiger partial charge on any atom is -0.461 e. The highest BCUT2D eigenvalue weighted by atomic mass is 35.5. The van der Waals surface area contributed by atoms with Gasteiger partial charge in [-0.2, -0.15) is 0 Å². The van der Waals surface area contributed by atoms with Gasteiger partial charge >= 0.3 is 11.9 Å². The first-order valence-electron chi connectivity index (χ1n) is 8.42. The number of ether oxygens (including phenoxy) is 2. The molecule has 0 aliphatic rings. The Morgan fingerprint density at radius 1 is 1.10 bits per heavy atom. The van der Waals surface area contributed by atoms with Crippen LogP contribution in [0.15, 0.2) is 21.4 Å². The van der Waals surface area contributed by atoms with Crippen LogP contribution >= 0.6 is 46.5 Å². The lowest BCUT2D eigenvalue weighted by Crippen LogP contribution is -2.09. The second-order valence-electron chi connectivity index (χ2n) is 5.43. The van der Waals surface area contributed by atoms with Gasteiger partial charge in [0.15, 0.2) is 5.69 Å². The van der Waals surface area contributed by atoms with Crippen molar-refractivity contribution >= 4 is 64.1 Å². The molecule has 0 unspecified atom stereocenters. The number of hydrogen-bond donors (Lipinski definition) is 1. The van der Waals surface area contributed by atoms with E-state index in [1.54, 1.807) is 13.8 Å². The fraction of sp³-hybridized carbons (Fsp3) is 0.250. The quantitative estimate of drug-likeness (QED) is 0.388. The van der Waals surface area contributed by atoms with Crippen LogP contribution in [0.1, 0.15) is 34.8 Å². The fourth-order valence-electron chi connectivity index (χ4n) is 2.25. The third-order valence-corrected chi connectivity index (χ3v) is 6.17. The van der Waals surface area contributed by atoms with Crippen LogP contribution in [0.5, 0.6) is 0 Å². The Bertz CT molecular complexity index is 1100. The Labute approximate surface area is 188 Å². The van der Waals surface area contributed by atoms with Crippen molar-refractivity contribution in [1.82, 2.24) is 24.6 Å². The Morgan fingerprint density at radius 2 is 1.73 bits per heavy atom. The predicted molar refractivity (Wildman–Crippen MR) is 112 cm³/mol. The fourth-order valence-corrected chi connectivity index (χ4v) is 4.31. The zero-order valence-electron chi connectivity index (χ0n) is 15.6. The molecule has 0 radical (unpaired) electrons. The molecule has 0 spiro atoms. The summed E-state index contributed by atoms with van der Waals surface area (Å²) in [5.41, 5.74) is 6.60. The maximum atomic E-state index is 12.4. The van der Waals surface area contributed by atoms with Crippen molar-refractivity contribution in [2.24, 2.45) is 0 Å². The Morgan fingerprint density at radius 3 is 2.40 bits per heavy atom. The van der Waals surface area contributed by atoms with E-state index in [4.69, 9.17) is 38.4 Å². The van der Waals surface area contributed by atoms with Crippen LogP contribution in [0.3, 0.4) is 0 Å². The predicted octanol–water partition coefficient (Wildman–Crippen LogP) is 3.51. The average molecular weight is 489 g/mol. The van der Waals surface area contributed by atoms with E-state index < -0.39 is 11.9 Å². The van der Waals surface area contributed by atoms with Crippen molar-refractivity contribution < 1.29 is 19.1 Å². The molecule has 3 aromatic rings. The summed E-state index contributed by atoms with van der Waals surface area (Å²) in [6.45, 7) is 3.65. The summed E-state index contributed by atoms with van der Waals surface area (Å²) in [6.07, 6.45) is 0. The molecule has 0 amide bonds. The van der Waals surface area contributed by atoms with E-state index >= 15 is 0 Å². The summed E-state index contributed by atoms with van der Waals surface area (Å²) in [5, 5.41) is 12.5. The molecule has 0 atom stereocenters. The molecule has 0 saturated heterocycles. The van der Waals surface area contributed by atoms with E-state index in [9.17, 15) is 9.59 Å². The van der Waals surface area contributed by atoms with Crippen molar-refractivity contribution in [3.63, 3.8) is 0 Å². The van der Waals surface area contributed by atoms with Crippen LogP contribution in [0, 0.1) is 0 Å². The smallest absolute Gasteiger partial charge is 0.361 e. The van der Waals surface area contributed by atoms with Crippen molar-refractivity contribution in [2.45, 2.75) is 23.1 Å². The van der Waals surface area contributed by atoms with Crippen LogP contribution < -0.4 is 5.73 Å². The molecule has 0 aliphatic carbocycles. The Kier molecular flexibility index (Phi) is 7.13. The molecule has 2 N–H and O–H groups in total. The minimum atomic E-state index is -0.694. The summed E-state index contributed by atoms with van der Waals surface area (Å²) in [7, 11) is 0. The number of esters is 2. The zero-order chi connectivity index (χ0) is 21.8. The molecule has 10 nitrogen and oxygen atoms in total. The number of halogens is 2. The number of carbonyl (C=O) groups is 2. The lowest BCUT2D eigenvalue weighted by atomic mass is 10.2. The number of hydrogen-bond acceptors (Lipinski definition) is 11. The highest BCUT2D eigenvalue weighted by Crippen LogP contribution is 2.38. The topological polar surface area (TPSA) is 135 Å². The number of nitrogens with zero attached hydrogens (tertiary/aromatic N) is 5. The normalized spacial score (nSPS) is 10.8. The summed E-state index contributed by atoms with van der Waals surface area (Å²) in [5.74, 6) is -1.33. The van der Waals surface area contributed by atoms with Gasteiger partial charge in [-0.15, -0.1) is 10.2 Å². The van der Waals surface area contributed by atoms with E-state index in [0.29, 0.717) is 9.90 Å². The van der Waals surface area contributed by atoms with Gasteiger partial charge in [0.2, 0.25) is 5.69 Å². The lowest BCUT2D eigenvalue weighted by molar-refractivity contribution is 0.0507. The molecule has 14 heteroatoms. The highest BCUT2D eigenvalue weighted by Gasteiger charge is 2.28. The third-order valence-electron chi connectivity index (χ3n) is 3.51. The van der Waals surface area contributed by atoms with E-state index in [0.717, 1.165) is 23.3 Å². The molecule has 158 valence electrons. The number of rotatable bonds is 7. The standard InChI is InChI=1S/C16H14Cl2N6O4S2/c1-3-27-14(25)11-13(29-16-12(21-23-30-16)15(26)28-4-2)24(22-20-11)10-6-8(18)7(17)5-9(10)19/h5-6H,3-4,19H2,1-2H3. The first-order chi connectivity index (χ1) is 14.4. The van der Waals surface area contributed by atoms with Crippen LogP contribution in [0.4, 0.5) is 5.69 Å². The van der Waals surface area contributed by atoms with Gasteiger partial charge in [-0.05, 0) is 37.5 Å². The summed E-state index contributed by atoms with van der Waals surface area (Å²) in [6, 6.07) is 2.95. The van der Waals surface area contributed by atoms with Crippen LogP contribution in [-0.2, 0) is 9.47 Å². The van der Waals surface area contributed by atoms with Gasteiger partial charge in [0, 0.05) is 0 Å². The van der Waals surface area contributed by atoms with E-state index in [1.807, 2.05) is 0 Å². The van der Waals surface area contributed by atoms with Gasteiger partial charge in [0.25, 0.3) is 0 Å². The van der Waals surface area contributed by atoms with Crippen LogP contribution in [0.25, 0.3) is 5.69 Å². The third kappa shape index (κ3) is 4.51. The molecule has 0 saturated carbocycles. The van der Waals surface area contributed by atoms with Crippen LogP contribution in [0.2, 0.25) is 10.0 Å². The van der Waals surface area contributed by atoms with Crippen molar-refractivity contribution in [1.29, 1.82) is 0 Å². The number of anilines is 1. The van der Waals surface area contributed by atoms with Gasteiger partial charge in [0.05, 0.1) is 34.6 Å². The maximum Gasteiger partial charge on any atom is 0.361 e.